The lowest BCUT2D eigenvalue weighted by atomic mass is 9.96. The Bertz CT molecular complexity index is 368. The third-order valence-corrected chi connectivity index (χ3v) is 3.28. The van der Waals surface area contributed by atoms with Crippen LogP contribution in [0.5, 0.6) is 5.75 Å². The van der Waals surface area contributed by atoms with E-state index in [1.54, 1.807) is 19.5 Å². The van der Waals surface area contributed by atoms with E-state index < -0.39 is 0 Å². The minimum absolute atomic E-state index is 0.343. The molecule has 0 aromatic carbocycles. The van der Waals surface area contributed by atoms with Gasteiger partial charge in [-0.15, -0.1) is 0 Å². The summed E-state index contributed by atoms with van der Waals surface area (Å²) in [6.45, 7) is 0. The van der Waals surface area contributed by atoms with Gasteiger partial charge in [0, 0.05) is 0 Å². The molecular weight excluding hydrogens is 206 g/mol. The molecule has 2 aliphatic heterocycles. The summed E-state index contributed by atoms with van der Waals surface area (Å²) in [4.78, 5) is 8.39. The number of nitrogens with one attached hydrogen (secondary N) is 1. The maximum absolute atomic E-state index is 5.76. The number of methoxy groups -OCH3 is 1. The molecule has 0 saturated carbocycles. The Morgan fingerprint density at radius 1 is 1.38 bits per heavy atom. The molecule has 5 heteroatoms. The Morgan fingerprint density at radius 3 is 2.75 bits per heavy atom. The second-order valence-corrected chi connectivity index (χ2v) is 4.31. The van der Waals surface area contributed by atoms with Crippen molar-refractivity contribution in [2.24, 2.45) is 0 Å². The van der Waals surface area contributed by atoms with Crippen LogP contribution in [0.15, 0.2) is 12.4 Å². The Balaban J connectivity index is 1.65. The third-order valence-electron chi connectivity index (χ3n) is 3.28. The summed E-state index contributed by atoms with van der Waals surface area (Å²) >= 11 is 0. The minimum atomic E-state index is 0.343. The van der Waals surface area contributed by atoms with Crippen molar-refractivity contribution in [3.8, 4) is 5.75 Å². The molecule has 2 aliphatic rings. The van der Waals surface area contributed by atoms with Gasteiger partial charge in [-0.2, -0.15) is 0 Å². The first kappa shape index (κ1) is 9.84. The van der Waals surface area contributed by atoms with Crippen molar-refractivity contribution in [1.82, 2.24) is 9.97 Å². The quantitative estimate of drug-likeness (QED) is 0.831. The summed E-state index contributed by atoms with van der Waals surface area (Å²) in [7, 11) is 1.61. The molecule has 0 amide bonds. The van der Waals surface area contributed by atoms with Gasteiger partial charge in [-0.3, -0.25) is 0 Å². The van der Waals surface area contributed by atoms with Crippen LogP contribution < -0.4 is 10.1 Å². The van der Waals surface area contributed by atoms with Gasteiger partial charge in [-0.05, 0) is 19.3 Å². The normalized spacial score (nSPS) is 31.7. The summed E-state index contributed by atoms with van der Waals surface area (Å²) in [5, 5.41) is 3.32. The fourth-order valence-electron chi connectivity index (χ4n) is 2.45. The molecule has 5 nitrogen and oxygen atoms in total. The van der Waals surface area contributed by atoms with Crippen LogP contribution >= 0.6 is 0 Å². The largest absolute Gasteiger partial charge is 0.494 e. The zero-order valence-corrected chi connectivity index (χ0v) is 9.22. The van der Waals surface area contributed by atoms with E-state index in [-0.39, 0.29) is 0 Å². The molecule has 3 atom stereocenters. The monoisotopic (exact) mass is 221 g/mol. The van der Waals surface area contributed by atoms with Crippen LogP contribution in [0.25, 0.3) is 0 Å². The Hall–Kier alpha value is -1.36. The lowest BCUT2D eigenvalue weighted by Gasteiger charge is -2.19. The van der Waals surface area contributed by atoms with Gasteiger partial charge in [0.05, 0.1) is 37.8 Å². The van der Waals surface area contributed by atoms with E-state index in [0.29, 0.717) is 29.9 Å². The van der Waals surface area contributed by atoms with E-state index in [0.717, 1.165) is 12.8 Å². The van der Waals surface area contributed by atoms with Gasteiger partial charge in [-0.1, -0.05) is 0 Å². The molecule has 3 rings (SSSR count). The highest BCUT2D eigenvalue weighted by atomic mass is 16.5. The van der Waals surface area contributed by atoms with E-state index in [2.05, 4.69) is 15.3 Å². The minimum Gasteiger partial charge on any atom is -0.494 e. The van der Waals surface area contributed by atoms with Gasteiger partial charge in [0.2, 0.25) is 5.95 Å². The molecular formula is C11H15N3O2. The fraction of sp³-hybridized carbons (Fsp3) is 0.636. The Kier molecular flexibility index (Phi) is 2.40. The zero-order chi connectivity index (χ0) is 11.0. The van der Waals surface area contributed by atoms with Crippen LogP contribution in [0.2, 0.25) is 0 Å². The summed E-state index contributed by atoms with van der Waals surface area (Å²) in [6, 6.07) is 0.368. The zero-order valence-electron chi connectivity index (χ0n) is 9.22. The van der Waals surface area contributed by atoms with Crippen LogP contribution in [0.3, 0.4) is 0 Å². The van der Waals surface area contributed by atoms with Crippen molar-refractivity contribution in [2.75, 3.05) is 12.4 Å². The molecule has 2 fully saturated rings. The third kappa shape index (κ3) is 1.71. The smallest absolute Gasteiger partial charge is 0.223 e. The van der Waals surface area contributed by atoms with E-state index in [9.17, 15) is 0 Å². The van der Waals surface area contributed by atoms with Gasteiger partial charge in [0.1, 0.15) is 0 Å². The van der Waals surface area contributed by atoms with Crippen LogP contribution in [-0.4, -0.2) is 35.3 Å². The number of fused-ring (bicyclic) bond motifs is 2. The van der Waals surface area contributed by atoms with Crippen molar-refractivity contribution >= 4 is 5.95 Å². The highest BCUT2D eigenvalue weighted by Gasteiger charge is 2.40. The van der Waals surface area contributed by atoms with Gasteiger partial charge in [-0.25, -0.2) is 9.97 Å². The average Bonchev–Trinajstić information content (AvgIpc) is 2.92. The fourth-order valence-corrected chi connectivity index (χ4v) is 2.45. The van der Waals surface area contributed by atoms with E-state index in [1.165, 1.54) is 6.42 Å². The van der Waals surface area contributed by atoms with Crippen molar-refractivity contribution in [3.05, 3.63) is 12.4 Å². The first-order valence-electron chi connectivity index (χ1n) is 5.63. The second-order valence-electron chi connectivity index (χ2n) is 4.31. The molecule has 2 bridgehead atoms. The summed E-state index contributed by atoms with van der Waals surface area (Å²) < 4.78 is 10.8. The number of hydrogen-bond acceptors (Lipinski definition) is 5. The van der Waals surface area contributed by atoms with Gasteiger partial charge < -0.3 is 14.8 Å². The molecule has 3 unspecified atom stereocenters. The molecule has 3 heterocycles. The van der Waals surface area contributed by atoms with E-state index in [4.69, 9.17) is 9.47 Å². The topological polar surface area (TPSA) is 56.3 Å². The second kappa shape index (κ2) is 3.90. The lowest BCUT2D eigenvalue weighted by molar-refractivity contribution is 0.102. The Morgan fingerprint density at radius 2 is 2.19 bits per heavy atom. The number of ether oxygens (including phenoxy) is 2. The molecule has 86 valence electrons. The lowest BCUT2D eigenvalue weighted by Crippen LogP contribution is -2.31. The van der Waals surface area contributed by atoms with E-state index in [1.807, 2.05) is 0 Å². The van der Waals surface area contributed by atoms with Gasteiger partial charge in [0.25, 0.3) is 0 Å². The van der Waals surface area contributed by atoms with Gasteiger partial charge >= 0.3 is 0 Å². The van der Waals surface area contributed by atoms with Crippen molar-refractivity contribution in [1.29, 1.82) is 0 Å². The number of aromatic nitrogens is 2. The Labute approximate surface area is 94.2 Å². The standard InChI is InChI=1S/C11H15N3O2/c1-15-8-5-12-11(13-6-8)14-9-4-7-2-3-10(9)16-7/h5-7,9-10H,2-4H2,1H3,(H,12,13,14). The average molecular weight is 221 g/mol. The molecule has 2 saturated heterocycles. The highest BCUT2D eigenvalue weighted by Crippen LogP contribution is 2.35. The first-order chi connectivity index (χ1) is 7.85. The molecule has 0 spiro atoms. The summed E-state index contributed by atoms with van der Waals surface area (Å²) in [6.07, 6.45) is 7.55. The van der Waals surface area contributed by atoms with E-state index >= 15 is 0 Å². The summed E-state index contributed by atoms with van der Waals surface area (Å²) in [5.74, 6) is 1.33. The van der Waals surface area contributed by atoms with Crippen molar-refractivity contribution < 1.29 is 9.47 Å². The predicted octanol–water partition coefficient (Wildman–Crippen LogP) is 1.22. The molecule has 0 radical (unpaired) electrons. The molecule has 0 aliphatic carbocycles. The predicted molar refractivity (Wildman–Crippen MR) is 58.5 cm³/mol. The molecule has 1 aromatic rings. The number of anilines is 1. The van der Waals surface area contributed by atoms with Crippen molar-refractivity contribution in [3.63, 3.8) is 0 Å². The van der Waals surface area contributed by atoms with Gasteiger partial charge in [0.15, 0.2) is 5.75 Å². The SMILES string of the molecule is COc1cnc(NC2CC3CCC2O3)nc1. The van der Waals surface area contributed by atoms with Crippen LogP contribution in [0.1, 0.15) is 19.3 Å². The van der Waals surface area contributed by atoms with Crippen LogP contribution in [0.4, 0.5) is 5.95 Å². The molecule has 16 heavy (non-hydrogen) atoms. The highest BCUT2D eigenvalue weighted by molar-refractivity contribution is 5.29. The van der Waals surface area contributed by atoms with Crippen LogP contribution in [0, 0.1) is 0 Å². The first-order valence-corrected chi connectivity index (χ1v) is 5.63. The maximum Gasteiger partial charge on any atom is 0.223 e. The van der Waals surface area contributed by atoms with Crippen molar-refractivity contribution in [2.45, 2.75) is 37.5 Å². The molecule has 1 N–H and O–H groups in total. The maximum atomic E-state index is 5.76. The number of rotatable bonds is 3. The number of hydrogen-bond donors (Lipinski definition) is 1. The molecule has 1 aromatic heterocycles. The number of nitrogens with zero attached hydrogens (tertiary/aromatic N) is 2. The summed E-state index contributed by atoms with van der Waals surface area (Å²) in [5.41, 5.74) is 0. The van der Waals surface area contributed by atoms with Crippen LogP contribution in [-0.2, 0) is 4.74 Å².